The van der Waals surface area contributed by atoms with Crippen molar-refractivity contribution in [3.05, 3.63) is 29.8 Å². The zero-order valence-electron chi connectivity index (χ0n) is 13.4. The molecule has 2 rings (SSSR count). The van der Waals surface area contributed by atoms with Crippen molar-refractivity contribution in [2.45, 2.75) is 43.7 Å². The summed E-state index contributed by atoms with van der Waals surface area (Å²) in [6.07, 6.45) is 1.40. The third-order valence-corrected chi connectivity index (χ3v) is 4.95. The van der Waals surface area contributed by atoms with Gasteiger partial charge in [0.1, 0.15) is 6.04 Å². The van der Waals surface area contributed by atoms with E-state index in [0.717, 1.165) is 12.0 Å². The fourth-order valence-corrected chi connectivity index (χ4v) is 3.01. The quantitative estimate of drug-likeness (QED) is 0.577. The van der Waals surface area contributed by atoms with E-state index in [9.17, 15) is 13.2 Å². The molecule has 0 aromatic heterocycles. The number of rotatable bonds is 6. The molecule has 7 nitrogen and oxygen atoms in total. The molecule has 2 atom stereocenters. The van der Waals surface area contributed by atoms with Crippen molar-refractivity contribution in [2.24, 2.45) is 11.1 Å². The largest absolute Gasteiger partial charge is 0.354 e. The Kier molecular flexibility index (Phi) is 5.74. The first-order valence-corrected chi connectivity index (χ1v) is 9.22. The number of hydrogen-bond donors (Lipinski definition) is 4. The first-order chi connectivity index (χ1) is 10.8. The van der Waals surface area contributed by atoms with Gasteiger partial charge < -0.3 is 5.32 Å². The van der Waals surface area contributed by atoms with E-state index in [2.05, 4.69) is 30.0 Å². The van der Waals surface area contributed by atoms with Gasteiger partial charge in [0.15, 0.2) is 0 Å². The van der Waals surface area contributed by atoms with Crippen LogP contribution in [0.4, 0.5) is 0 Å². The number of carbonyl (C=O) groups is 1. The van der Waals surface area contributed by atoms with Gasteiger partial charge in [0.2, 0.25) is 15.9 Å². The van der Waals surface area contributed by atoms with Gasteiger partial charge in [0.05, 0.1) is 4.90 Å². The molecule has 1 aliphatic heterocycles. The Balaban J connectivity index is 1.78. The number of amides is 1. The predicted octanol–water partition coefficient (Wildman–Crippen LogP) is -0.116. The molecule has 1 aromatic rings. The highest BCUT2D eigenvalue weighted by Gasteiger charge is 2.30. The van der Waals surface area contributed by atoms with Crippen molar-refractivity contribution in [3.63, 3.8) is 0 Å². The maximum atomic E-state index is 12.1. The van der Waals surface area contributed by atoms with Crippen LogP contribution in [0.15, 0.2) is 29.2 Å². The lowest BCUT2D eigenvalue weighted by molar-refractivity contribution is -0.122. The van der Waals surface area contributed by atoms with E-state index in [-0.39, 0.29) is 16.8 Å². The Morgan fingerprint density at radius 2 is 1.96 bits per heavy atom. The second-order valence-corrected chi connectivity index (χ2v) is 7.72. The van der Waals surface area contributed by atoms with Gasteiger partial charge in [-0.05, 0) is 36.5 Å². The lowest BCUT2D eigenvalue weighted by Gasteiger charge is -2.12. The average molecular weight is 340 g/mol. The van der Waals surface area contributed by atoms with Crippen LogP contribution in [-0.2, 0) is 21.2 Å². The number of nitrogens with two attached hydrogens (primary N) is 1. The van der Waals surface area contributed by atoms with Crippen molar-refractivity contribution >= 4 is 15.9 Å². The summed E-state index contributed by atoms with van der Waals surface area (Å²) in [6.45, 7) is 4.73. The fourth-order valence-electron chi connectivity index (χ4n) is 2.49. The minimum Gasteiger partial charge on any atom is -0.354 e. The molecule has 1 amide bonds. The molecule has 1 aromatic carbocycles. The zero-order chi connectivity index (χ0) is 17.0. The van der Waals surface area contributed by atoms with Crippen LogP contribution in [0.2, 0.25) is 0 Å². The van der Waals surface area contributed by atoms with Gasteiger partial charge in [0, 0.05) is 12.6 Å². The average Bonchev–Trinajstić information content (AvgIpc) is 2.97. The van der Waals surface area contributed by atoms with Gasteiger partial charge in [-0.3, -0.25) is 10.2 Å². The summed E-state index contributed by atoms with van der Waals surface area (Å²) >= 11 is 0. The van der Waals surface area contributed by atoms with E-state index >= 15 is 0 Å². The molecular formula is C15H24N4O3S. The van der Waals surface area contributed by atoms with Crippen LogP contribution in [0, 0.1) is 5.92 Å². The molecule has 0 bridgehead atoms. The molecule has 128 valence electrons. The molecule has 1 heterocycles. The van der Waals surface area contributed by atoms with Gasteiger partial charge >= 0.3 is 0 Å². The summed E-state index contributed by atoms with van der Waals surface area (Å²) in [5.74, 6) is 0.444. The topological polar surface area (TPSA) is 113 Å². The molecule has 1 aliphatic rings. The Morgan fingerprint density at radius 1 is 1.30 bits per heavy atom. The van der Waals surface area contributed by atoms with Crippen LogP contribution in [0.1, 0.15) is 25.8 Å². The summed E-state index contributed by atoms with van der Waals surface area (Å²) in [5, 5.41) is 7.94. The van der Waals surface area contributed by atoms with E-state index in [1.807, 2.05) is 0 Å². The zero-order valence-corrected chi connectivity index (χ0v) is 14.2. The van der Waals surface area contributed by atoms with Crippen LogP contribution in [0.5, 0.6) is 0 Å². The minimum atomic E-state index is -3.66. The van der Waals surface area contributed by atoms with E-state index in [1.165, 1.54) is 12.1 Å². The number of hydrogen-bond acceptors (Lipinski definition) is 5. The molecule has 0 aliphatic carbocycles. The molecule has 23 heavy (non-hydrogen) atoms. The Morgan fingerprint density at radius 3 is 2.48 bits per heavy atom. The summed E-state index contributed by atoms with van der Waals surface area (Å²) in [6, 6.07) is 6.44. The van der Waals surface area contributed by atoms with Crippen LogP contribution in [0.3, 0.4) is 0 Å². The first-order valence-electron chi connectivity index (χ1n) is 7.68. The highest BCUT2D eigenvalue weighted by Crippen LogP contribution is 2.13. The van der Waals surface area contributed by atoms with Crippen LogP contribution >= 0.6 is 0 Å². The van der Waals surface area contributed by atoms with Gasteiger partial charge in [-0.15, -0.1) is 0 Å². The van der Waals surface area contributed by atoms with E-state index in [4.69, 9.17) is 5.14 Å². The fraction of sp³-hybridized carbons (Fsp3) is 0.533. The van der Waals surface area contributed by atoms with Crippen LogP contribution in [0.25, 0.3) is 0 Å². The van der Waals surface area contributed by atoms with E-state index < -0.39 is 10.0 Å². The van der Waals surface area contributed by atoms with Crippen molar-refractivity contribution in [3.8, 4) is 0 Å². The van der Waals surface area contributed by atoms with E-state index in [1.54, 1.807) is 12.1 Å². The molecule has 2 unspecified atom stereocenters. The molecule has 0 radical (unpaired) electrons. The third-order valence-electron chi connectivity index (χ3n) is 4.02. The highest BCUT2D eigenvalue weighted by atomic mass is 32.2. The maximum absolute atomic E-state index is 12.1. The smallest absolute Gasteiger partial charge is 0.238 e. The predicted molar refractivity (Wildman–Crippen MR) is 87.8 cm³/mol. The standard InChI is InChI=1S/C15H24N4O3S/c1-10(2)13-9-14(19-18-13)15(20)17-8-7-11-3-5-12(6-4-11)23(16,21)22/h3-6,10,13-14,18-19H,7-9H2,1-2H3,(H,17,20)(H2,16,21,22). The second kappa shape index (κ2) is 7.39. The molecule has 5 N–H and O–H groups in total. The first kappa shape index (κ1) is 17.9. The van der Waals surface area contributed by atoms with Crippen molar-refractivity contribution in [1.82, 2.24) is 16.2 Å². The molecule has 1 fully saturated rings. The molecule has 1 saturated heterocycles. The summed E-state index contributed by atoms with van der Waals surface area (Å²) in [7, 11) is -3.66. The van der Waals surface area contributed by atoms with Gasteiger partial charge in [-0.25, -0.2) is 19.0 Å². The molecular weight excluding hydrogens is 316 g/mol. The van der Waals surface area contributed by atoms with Crippen LogP contribution in [-0.4, -0.2) is 33.0 Å². The van der Waals surface area contributed by atoms with Crippen molar-refractivity contribution < 1.29 is 13.2 Å². The number of sulfonamides is 1. The SMILES string of the molecule is CC(C)C1CC(C(=O)NCCc2ccc(S(N)(=O)=O)cc2)NN1. The summed E-state index contributed by atoms with van der Waals surface area (Å²) in [5.41, 5.74) is 7.09. The Bertz CT molecular complexity index is 643. The highest BCUT2D eigenvalue weighted by molar-refractivity contribution is 7.89. The van der Waals surface area contributed by atoms with Crippen LogP contribution < -0.4 is 21.3 Å². The third kappa shape index (κ3) is 5.00. The Hall–Kier alpha value is -1.48. The second-order valence-electron chi connectivity index (χ2n) is 6.16. The monoisotopic (exact) mass is 340 g/mol. The number of carbonyl (C=O) groups excluding carboxylic acids is 1. The lowest BCUT2D eigenvalue weighted by Crippen LogP contribution is -2.44. The number of primary sulfonamides is 1. The van der Waals surface area contributed by atoms with Crippen molar-refractivity contribution in [1.29, 1.82) is 0 Å². The molecule has 8 heteroatoms. The normalized spacial score (nSPS) is 21.6. The minimum absolute atomic E-state index is 0.0261. The molecule has 0 saturated carbocycles. The Labute approximate surface area is 137 Å². The number of nitrogens with one attached hydrogen (secondary N) is 3. The lowest BCUT2D eigenvalue weighted by atomic mass is 9.99. The summed E-state index contributed by atoms with van der Waals surface area (Å²) < 4.78 is 22.4. The van der Waals surface area contributed by atoms with Crippen molar-refractivity contribution in [2.75, 3.05) is 6.54 Å². The number of hydrazine groups is 1. The van der Waals surface area contributed by atoms with Gasteiger partial charge in [0.25, 0.3) is 0 Å². The van der Waals surface area contributed by atoms with Gasteiger partial charge in [-0.1, -0.05) is 26.0 Å². The van der Waals surface area contributed by atoms with Gasteiger partial charge in [-0.2, -0.15) is 0 Å². The summed E-state index contributed by atoms with van der Waals surface area (Å²) in [4.78, 5) is 12.2. The number of benzene rings is 1. The van der Waals surface area contributed by atoms with E-state index in [0.29, 0.717) is 24.9 Å². The molecule has 0 spiro atoms. The maximum Gasteiger partial charge on any atom is 0.238 e.